The monoisotopic (exact) mass is 291 g/mol. The van der Waals surface area contributed by atoms with Gasteiger partial charge in [-0.2, -0.15) is 0 Å². The molecule has 2 rings (SSSR count). The van der Waals surface area contributed by atoms with Gasteiger partial charge in [-0.05, 0) is 30.7 Å². The van der Waals surface area contributed by atoms with Crippen molar-refractivity contribution in [2.75, 3.05) is 5.32 Å². The van der Waals surface area contributed by atoms with Crippen LogP contribution < -0.4 is 5.32 Å². The Labute approximate surface area is 119 Å². The van der Waals surface area contributed by atoms with E-state index in [4.69, 9.17) is 16.7 Å². The minimum Gasteiger partial charge on any atom is -0.478 e. The highest BCUT2D eigenvalue weighted by Gasteiger charge is 2.18. The van der Waals surface area contributed by atoms with E-state index in [-0.39, 0.29) is 16.4 Å². The number of aromatic carboxylic acids is 1. The number of aryl methyl sites for hydroxylation is 1. The molecule has 7 heteroatoms. The summed E-state index contributed by atoms with van der Waals surface area (Å²) in [6.45, 7) is 1.79. The highest BCUT2D eigenvalue weighted by Crippen LogP contribution is 2.20. The van der Waals surface area contributed by atoms with E-state index in [9.17, 15) is 9.59 Å². The molecule has 2 heterocycles. The maximum atomic E-state index is 12.1. The first-order valence-electron chi connectivity index (χ1n) is 5.61. The predicted octanol–water partition coefficient (Wildman–Crippen LogP) is 2.39. The number of pyridine rings is 2. The van der Waals surface area contributed by atoms with Crippen LogP contribution in [-0.4, -0.2) is 27.0 Å². The number of halogens is 1. The molecule has 0 saturated heterocycles. The van der Waals surface area contributed by atoms with E-state index in [1.54, 1.807) is 19.2 Å². The molecule has 0 fully saturated rings. The van der Waals surface area contributed by atoms with Gasteiger partial charge >= 0.3 is 5.97 Å². The van der Waals surface area contributed by atoms with Crippen LogP contribution in [0.3, 0.4) is 0 Å². The molecular weight excluding hydrogens is 282 g/mol. The van der Waals surface area contributed by atoms with Crippen LogP contribution in [0.1, 0.15) is 26.4 Å². The topological polar surface area (TPSA) is 92.2 Å². The number of carbonyl (C=O) groups is 2. The highest BCUT2D eigenvalue weighted by atomic mass is 35.5. The summed E-state index contributed by atoms with van der Waals surface area (Å²) < 4.78 is 0. The van der Waals surface area contributed by atoms with Crippen LogP contribution in [0, 0.1) is 6.92 Å². The standard InChI is InChI=1S/C13H10ClN3O3/c1-7-5-9(11(14)16-6-7)17-12(18)10-8(13(19)20)3-2-4-15-10/h2-6H,1H3,(H,17,18)(H,19,20). The lowest BCUT2D eigenvalue weighted by Crippen LogP contribution is -2.18. The van der Waals surface area contributed by atoms with Crippen molar-refractivity contribution in [1.82, 2.24) is 9.97 Å². The Bertz CT molecular complexity index is 688. The number of carboxylic acid groups (broad SMARTS) is 1. The first kappa shape index (κ1) is 14.0. The molecule has 6 nitrogen and oxygen atoms in total. The number of aromatic nitrogens is 2. The number of anilines is 1. The molecule has 1 amide bonds. The zero-order valence-corrected chi connectivity index (χ0v) is 11.2. The van der Waals surface area contributed by atoms with Crippen molar-refractivity contribution in [2.24, 2.45) is 0 Å². The molecule has 0 aliphatic heterocycles. The maximum absolute atomic E-state index is 12.1. The Kier molecular flexibility index (Phi) is 3.95. The molecule has 102 valence electrons. The Morgan fingerprint density at radius 1 is 1.35 bits per heavy atom. The van der Waals surface area contributed by atoms with Gasteiger partial charge in [0.15, 0.2) is 5.15 Å². The molecule has 2 N–H and O–H groups in total. The van der Waals surface area contributed by atoms with Gasteiger partial charge in [0, 0.05) is 12.4 Å². The number of nitrogens with zero attached hydrogens (tertiary/aromatic N) is 2. The second-order valence-corrected chi connectivity index (χ2v) is 4.37. The predicted molar refractivity (Wildman–Crippen MR) is 73.1 cm³/mol. The third-order valence-electron chi connectivity index (χ3n) is 2.48. The lowest BCUT2D eigenvalue weighted by atomic mass is 10.2. The zero-order valence-electron chi connectivity index (χ0n) is 10.4. The minimum atomic E-state index is -1.23. The van der Waals surface area contributed by atoms with E-state index in [1.807, 2.05) is 0 Å². The van der Waals surface area contributed by atoms with Crippen molar-refractivity contribution in [2.45, 2.75) is 6.92 Å². The second-order valence-electron chi connectivity index (χ2n) is 4.01. The van der Waals surface area contributed by atoms with Crippen molar-refractivity contribution >= 4 is 29.2 Å². The van der Waals surface area contributed by atoms with Gasteiger partial charge in [-0.1, -0.05) is 11.6 Å². The summed E-state index contributed by atoms with van der Waals surface area (Å²) >= 11 is 5.87. The molecule has 0 atom stereocenters. The smallest absolute Gasteiger partial charge is 0.338 e. The summed E-state index contributed by atoms with van der Waals surface area (Å²) in [5, 5.41) is 11.6. The van der Waals surface area contributed by atoms with Gasteiger partial charge < -0.3 is 10.4 Å². The maximum Gasteiger partial charge on any atom is 0.338 e. The molecule has 20 heavy (non-hydrogen) atoms. The number of amides is 1. The summed E-state index contributed by atoms with van der Waals surface area (Å²) in [6, 6.07) is 4.39. The van der Waals surface area contributed by atoms with Crippen LogP contribution in [-0.2, 0) is 0 Å². The van der Waals surface area contributed by atoms with Crippen molar-refractivity contribution < 1.29 is 14.7 Å². The quantitative estimate of drug-likeness (QED) is 0.847. The lowest BCUT2D eigenvalue weighted by molar-refractivity contribution is 0.0691. The molecule has 0 unspecified atom stereocenters. The number of carbonyl (C=O) groups excluding carboxylic acids is 1. The Balaban J connectivity index is 2.33. The summed E-state index contributed by atoms with van der Waals surface area (Å²) in [5.74, 6) is -1.88. The van der Waals surface area contributed by atoms with E-state index in [0.29, 0.717) is 5.69 Å². The van der Waals surface area contributed by atoms with Gasteiger partial charge in [0.25, 0.3) is 5.91 Å². The van der Waals surface area contributed by atoms with Gasteiger partial charge in [0.1, 0.15) is 5.69 Å². The molecular formula is C13H10ClN3O3. The van der Waals surface area contributed by atoms with E-state index in [0.717, 1.165) is 5.56 Å². The Morgan fingerprint density at radius 3 is 2.80 bits per heavy atom. The third-order valence-corrected chi connectivity index (χ3v) is 2.78. The molecule has 0 bridgehead atoms. The van der Waals surface area contributed by atoms with Gasteiger partial charge in [0.2, 0.25) is 0 Å². The average molecular weight is 292 g/mol. The van der Waals surface area contributed by atoms with Crippen molar-refractivity contribution in [3.63, 3.8) is 0 Å². The SMILES string of the molecule is Cc1cnc(Cl)c(NC(=O)c2ncccc2C(=O)O)c1. The summed E-state index contributed by atoms with van der Waals surface area (Å²) in [4.78, 5) is 30.8. The fourth-order valence-electron chi connectivity index (χ4n) is 1.58. The average Bonchev–Trinajstić information content (AvgIpc) is 2.42. The molecule has 0 aromatic carbocycles. The number of hydrogen-bond donors (Lipinski definition) is 2. The van der Waals surface area contributed by atoms with Crippen LogP contribution >= 0.6 is 11.6 Å². The van der Waals surface area contributed by atoms with E-state index < -0.39 is 11.9 Å². The second kappa shape index (κ2) is 5.66. The van der Waals surface area contributed by atoms with Crippen LogP contribution in [0.25, 0.3) is 0 Å². The van der Waals surface area contributed by atoms with Crippen molar-refractivity contribution in [1.29, 1.82) is 0 Å². The minimum absolute atomic E-state index is 0.122. The molecule has 0 aliphatic rings. The fourth-order valence-corrected chi connectivity index (χ4v) is 1.73. The number of carboxylic acids is 1. The number of rotatable bonds is 3. The van der Waals surface area contributed by atoms with Gasteiger partial charge in [-0.25, -0.2) is 9.78 Å². The summed E-state index contributed by atoms with van der Waals surface area (Å²) in [7, 11) is 0. The van der Waals surface area contributed by atoms with Crippen LogP contribution in [0.15, 0.2) is 30.6 Å². The molecule has 0 saturated carbocycles. The van der Waals surface area contributed by atoms with Gasteiger partial charge in [0.05, 0.1) is 11.3 Å². The summed E-state index contributed by atoms with van der Waals surface area (Å²) in [6.07, 6.45) is 2.90. The fraction of sp³-hybridized carbons (Fsp3) is 0.0769. The molecule has 0 spiro atoms. The van der Waals surface area contributed by atoms with Gasteiger partial charge in [-0.3, -0.25) is 9.78 Å². The lowest BCUT2D eigenvalue weighted by Gasteiger charge is -2.08. The molecule has 2 aromatic heterocycles. The summed E-state index contributed by atoms with van der Waals surface area (Å²) in [5.41, 5.74) is 0.752. The molecule has 0 aliphatic carbocycles. The normalized spacial score (nSPS) is 10.1. The van der Waals surface area contributed by atoms with Crippen LogP contribution in [0.4, 0.5) is 5.69 Å². The Morgan fingerprint density at radius 2 is 2.10 bits per heavy atom. The van der Waals surface area contributed by atoms with E-state index in [1.165, 1.54) is 18.3 Å². The van der Waals surface area contributed by atoms with E-state index in [2.05, 4.69) is 15.3 Å². The zero-order chi connectivity index (χ0) is 14.7. The van der Waals surface area contributed by atoms with Crippen LogP contribution in [0.2, 0.25) is 5.15 Å². The first-order chi connectivity index (χ1) is 9.49. The Hall–Kier alpha value is -2.47. The number of nitrogens with one attached hydrogen (secondary N) is 1. The van der Waals surface area contributed by atoms with Gasteiger partial charge in [-0.15, -0.1) is 0 Å². The first-order valence-corrected chi connectivity index (χ1v) is 5.98. The van der Waals surface area contributed by atoms with Crippen LogP contribution in [0.5, 0.6) is 0 Å². The third kappa shape index (κ3) is 2.92. The van der Waals surface area contributed by atoms with Crippen molar-refractivity contribution in [3.05, 3.63) is 52.6 Å². The van der Waals surface area contributed by atoms with Crippen molar-refractivity contribution in [3.8, 4) is 0 Å². The molecule has 2 aromatic rings. The highest BCUT2D eigenvalue weighted by molar-refractivity contribution is 6.32. The number of hydrogen-bond acceptors (Lipinski definition) is 4. The molecule has 0 radical (unpaired) electrons. The van der Waals surface area contributed by atoms with E-state index >= 15 is 0 Å². The largest absolute Gasteiger partial charge is 0.478 e.